The number of urea groups is 1. The topological polar surface area (TPSA) is 83.7 Å². The Morgan fingerprint density at radius 3 is 2.29 bits per heavy atom. The summed E-state index contributed by atoms with van der Waals surface area (Å²) in [6.07, 6.45) is 0. The molecule has 88 valence electrons. The van der Waals surface area contributed by atoms with Gasteiger partial charge in [0.1, 0.15) is 0 Å². The van der Waals surface area contributed by atoms with Gasteiger partial charge in [-0.25, -0.2) is 9.69 Å². The van der Waals surface area contributed by atoms with Gasteiger partial charge in [0, 0.05) is 12.7 Å². The molecular formula is C10H8ClN3O3. The smallest absolute Gasteiger partial charge is 0.338 e. The highest BCUT2D eigenvalue weighted by Crippen LogP contribution is 2.30. The van der Waals surface area contributed by atoms with Gasteiger partial charge in [-0.15, -0.1) is 0 Å². The minimum atomic E-state index is -0.927. The number of hydrogen-bond acceptors (Lipinski definition) is 4. The van der Waals surface area contributed by atoms with E-state index in [-0.39, 0.29) is 10.7 Å². The Morgan fingerprint density at radius 1 is 1.18 bits per heavy atom. The summed E-state index contributed by atoms with van der Waals surface area (Å²) < 4.78 is 0. The van der Waals surface area contributed by atoms with Crippen molar-refractivity contribution in [1.82, 2.24) is 4.90 Å². The maximum Gasteiger partial charge on any atom is 0.338 e. The monoisotopic (exact) mass is 253 g/mol. The third-order valence-electron chi connectivity index (χ3n) is 2.38. The van der Waals surface area contributed by atoms with Crippen LogP contribution in [0.2, 0.25) is 5.02 Å². The van der Waals surface area contributed by atoms with E-state index >= 15 is 0 Å². The largest absolute Gasteiger partial charge is 0.399 e. The van der Waals surface area contributed by atoms with Gasteiger partial charge in [-0.2, -0.15) is 0 Å². The van der Waals surface area contributed by atoms with Gasteiger partial charge in [0.15, 0.2) is 0 Å². The van der Waals surface area contributed by atoms with Crippen LogP contribution in [0.5, 0.6) is 0 Å². The molecule has 2 N–H and O–H groups in total. The lowest BCUT2D eigenvalue weighted by molar-refractivity contribution is -0.138. The fraction of sp³-hybridized carbons (Fsp3) is 0.100. The number of likely N-dealkylation sites (N-methyl/N-ethyl adjacent to an activating group) is 1. The van der Waals surface area contributed by atoms with E-state index in [0.717, 1.165) is 9.80 Å². The molecule has 2 rings (SSSR count). The number of halogens is 1. The average molecular weight is 254 g/mol. The molecule has 1 heterocycles. The third kappa shape index (κ3) is 1.62. The lowest BCUT2D eigenvalue weighted by Crippen LogP contribution is -2.31. The number of amides is 4. The van der Waals surface area contributed by atoms with Gasteiger partial charge >= 0.3 is 17.8 Å². The fourth-order valence-electron chi connectivity index (χ4n) is 1.48. The molecule has 17 heavy (non-hydrogen) atoms. The summed E-state index contributed by atoms with van der Waals surface area (Å²) in [7, 11) is 1.23. The molecule has 1 saturated heterocycles. The molecule has 0 atom stereocenters. The Hall–Kier alpha value is -2.08. The standard InChI is InChI=1S/C10H8ClN3O3/c1-13-8(15)9(16)14(10(13)17)7-3-2-5(12)4-6(7)11/h2-4H,12H2,1H3. The van der Waals surface area contributed by atoms with Gasteiger partial charge in [0.2, 0.25) is 0 Å². The number of rotatable bonds is 1. The van der Waals surface area contributed by atoms with Crippen molar-refractivity contribution in [3.8, 4) is 0 Å². The fourth-order valence-corrected chi connectivity index (χ4v) is 1.75. The number of hydrogen-bond donors (Lipinski definition) is 1. The Kier molecular flexibility index (Phi) is 2.51. The van der Waals surface area contributed by atoms with Crippen molar-refractivity contribution in [3.63, 3.8) is 0 Å². The maximum absolute atomic E-state index is 11.7. The molecule has 1 aromatic carbocycles. The van der Waals surface area contributed by atoms with Crippen LogP contribution in [-0.4, -0.2) is 29.8 Å². The van der Waals surface area contributed by atoms with E-state index in [1.807, 2.05) is 0 Å². The summed E-state index contributed by atoms with van der Waals surface area (Å²) in [5.41, 5.74) is 6.05. The molecule has 0 bridgehead atoms. The zero-order valence-electron chi connectivity index (χ0n) is 8.81. The highest BCUT2D eigenvalue weighted by molar-refractivity contribution is 6.53. The van der Waals surface area contributed by atoms with E-state index < -0.39 is 17.8 Å². The van der Waals surface area contributed by atoms with Crippen molar-refractivity contribution in [1.29, 1.82) is 0 Å². The van der Waals surface area contributed by atoms with Crippen LogP contribution in [0, 0.1) is 0 Å². The van der Waals surface area contributed by atoms with Gasteiger partial charge in [-0.3, -0.25) is 14.5 Å². The lowest BCUT2D eigenvalue weighted by atomic mass is 10.2. The summed E-state index contributed by atoms with van der Waals surface area (Å²) in [6.45, 7) is 0. The number of benzene rings is 1. The van der Waals surface area contributed by atoms with E-state index in [1.165, 1.54) is 25.2 Å². The summed E-state index contributed by atoms with van der Waals surface area (Å²) >= 11 is 5.88. The molecule has 1 fully saturated rings. The molecule has 0 aliphatic carbocycles. The van der Waals surface area contributed by atoms with E-state index in [1.54, 1.807) is 0 Å². The van der Waals surface area contributed by atoms with Crippen LogP contribution in [0.1, 0.15) is 0 Å². The predicted molar refractivity (Wildman–Crippen MR) is 61.5 cm³/mol. The second-order valence-corrected chi connectivity index (χ2v) is 3.91. The molecule has 0 spiro atoms. The van der Waals surface area contributed by atoms with E-state index in [0.29, 0.717) is 5.69 Å². The van der Waals surface area contributed by atoms with Crippen molar-refractivity contribution in [2.45, 2.75) is 0 Å². The molecule has 0 unspecified atom stereocenters. The van der Waals surface area contributed by atoms with Gasteiger partial charge in [0.25, 0.3) is 0 Å². The Balaban J connectivity index is 2.51. The van der Waals surface area contributed by atoms with Crippen LogP contribution >= 0.6 is 11.6 Å². The van der Waals surface area contributed by atoms with Gasteiger partial charge < -0.3 is 5.73 Å². The zero-order valence-corrected chi connectivity index (χ0v) is 9.56. The first-order valence-electron chi connectivity index (χ1n) is 4.64. The predicted octanol–water partition coefficient (Wildman–Crippen LogP) is 0.847. The molecule has 0 radical (unpaired) electrons. The number of nitrogens with zero attached hydrogens (tertiary/aromatic N) is 2. The molecular weight excluding hydrogens is 246 g/mol. The first-order chi connectivity index (χ1) is 7.93. The van der Waals surface area contributed by atoms with E-state index in [2.05, 4.69) is 0 Å². The lowest BCUT2D eigenvalue weighted by Gasteiger charge is -2.14. The molecule has 6 nitrogen and oxygen atoms in total. The number of carbonyl (C=O) groups excluding carboxylic acids is 3. The van der Waals surface area contributed by atoms with Crippen LogP contribution in [0.3, 0.4) is 0 Å². The molecule has 7 heteroatoms. The number of nitrogen functional groups attached to an aromatic ring is 1. The number of imide groups is 2. The Labute approximate surface area is 102 Å². The van der Waals surface area contributed by atoms with Gasteiger partial charge in [-0.05, 0) is 18.2 Å². The number of nitrogens with two attached hydrogens (primary N) is 1. The molecule has 1 aliphatic rings. The van der Waals surface area contributed by atoms with Gasteiger partial charge in [-0.1, -0.05) is 11.6 Å². The summed E-state index contributed by atoms with van der Waals surface area (Å²) in [4.78, 5) is 36.1. The number of anilines is 2. The minimum Gasteiger partial charge on any atom is -0.399 e. The molecule has 4 amide bonds. The minimum absolute atomic E-state index is 0.134. The summed E-state index contributed by atoms with van der Waals surface area (Å²) in [6, 6.07) is 3.58. The van der Waals surface area contributed by atoms with Crippen LogP contribution in [0.15, 0.2) is 18.2 Å². The first kappa shape index (κ1) is 11.4. The second kappa shape index (κ2) is 3.74. The summed E-state index contributed by atoms with van der Waals surface area (Å²) in [5, 5.41) is 0.134. The molecule has 0 saturated carbocycles. The Morgan fingerprint density at radius 2 is 1.82 bits per heavy atom. The van der Waals surface area contributed by atoms with Crippen molar-refractivity contribution in [3.05, 3.63) is 23.2 Å². The van der Waals surface area contributed by atoms with Crippen molar-refractivity contribution < 1.29 is 14.4 Å². The maximum atomic E-state index is 11.7. The zero-order chi connectivity index (χ0) is 12.7. The normalized spacial score (nSPS) is 16.0. The highest BCUT2D eigenvalue weighted by atomic mass is 35.5. The summed E-state index contributed by atoms with van der Waals surface area (Å²) in [5.74, 6) is -1.81. The first-order valence-corrected chi connectivity index (χ1v) is 5.02. The molecule has 0 aromatic heterocycles. The number of carbonyl (C=O) groups is 3. The van der Waals surface area contributed by atoms with Crippen molar-refractivity contribution >= 4 is 40.8 Å². The quantitative estimate of drug-likeness (QED) is 0.457. The van der Waals surface area contributed by atoms with Crippen molar-refractivity contribution in [2.75, 3.05) is 17.7 Å². The average Bonchev–Trinajstić information content (AvgIpc) is 2.45. The Bertz CT molecular complexity index is 544. The van der Waals surface area contributed by atoms with Crippen LogP contribution in [0.25, 0.3) is 0 Å². The van der Waals surface area contributed by atoms with Gasteiger partial charge in [0.05, 0.1) is 10.7 Å². The van der Waals surface area contributed by atoms with Crippen LogP contribution in [-0.2, 0) is 9.59 Å². The van der Waals surface area contributed by atoms with E-state index in [4.69, 9.17) is 17.3 Å². The van der Waals surface area contributed by atoms with Crippen LogP contribution in [0.4, 0.5) is 16.2 Å². The van der Waals surface area contributed by atoms with E-state index in [9.17, 15) is 14.4 Å². The SMILES string of the molecule is CN1C(=O)C(=O)N(c2ccc(N)cc2Cl)C1=O. The van der Waals surface area contributed by atoms with Crippen LogP contribution < -0.4 is 10.6 Å². The highest BCUT2D eigenvalue weighted by Gasteiger charge is 2.43. The second-order valence-electron chi connectivity index (χ2n) is 3.50. The molecule has 1 aromatic rings. The third-order valence-corrected chi connectivity index (χ3v) is 2.68. The molecule has 1 aliphatic heterocycles. The van der Waals surface area contributed by atoms with Crippen molar-refractivity contribution in [2.24, 2.45) is 0 Å².